The summed E-state index contributed by atoms with van der Waals surface area (Å²) in [6, 6.07) is 8.31. The van der Waals surface area contributed by atoms with Crippen molar-refractivity contribution < 1.29 is 9.84 Å². The van der Waals surface area contributed by atoms with Crippen molar-refractivity contribution in [2.24, 2.45) is 0 Å². The third-order valence-corrected chi connectivity index (χ3v) is 3.94. The highest BCUT2D eigenvalue weighted by Crippen LogP contribution is 2.21. The molecule has 3 heteroatoms. The molecule has 1 aromatic rings. The Morgan fingerprint density at radius 2 is 1.95 bits per heavy atom. The van der Waals surface area contributed by atoms with Gasteiger partial charge in [-0.2, -0.15) is 0 Å². The molecule has 2 atom stereocenters. The van der Waals surface area contributed by atoms with E-state index in [9.17, 15) is 5.11 Å². The minimum atomic E-state index is -0.267. The molecule has 1 aromatic carbocycles. The fourth-order valence-corrected chi connectivity index (χ4v) is 1.81. The summed E-state index contributed by atoms with van der Waals surface area (Å²) in [6.07, 6.45) is 1.92. The molecule has 0 bridgehead atoms. The maximum atomic E-state index is 9.29. The summed E-state index contributed by atoms with van der Waals surface area (Å²) in [5, 5.41) is 12.4. The molecule has 0 saturated carbocycles. The highest BCUT2D eigenvalue weighted by Gasteiger charge is 2.20. The third kappa shape index (κ3) is 4.84. The molecule has 3 nitrogen and oxygen atoms in total. The first-order valence-corrected chi connectivity index (χ1v) is 7.07. The summed E-state index contributed by atoms with van der Waals surface area (Å²) in [5.41, 5.74) is 1.08. The van der Waals surface area contributed by atoms with Gasteiger partial charge >= 0.3 is 0 Å². The van der Waals surface area contributed by atoms with Gasteiger partial charge in [0.15, 0.2) is 0 Å². The van der Waals surface area contributed by atoms with Crippen LogP contribution in [0.15, 0.2) is 24.3 Å². The number of ether oxygens (including phenoxy) is 1. The van der Waals surface area contributed by atoms with E-state index in [-0.39, 0.29) is 12.1 Å². The van der Waals surface area contributed by atoms with E-state index >= 15 is 0 Å². The largest absolute Gasteiger partial charge is 0.494 e. The molecule has 2 N–H and O–H groups in total. The van der Waals surface area contributed by atoms with Crippen LogP contribution in [0, 0.1) is 0 Å². The normalized spacial score (nSPS) is 15.8. The lowest BCUT2D eigenvalue weighted by molar-refractivity contribution is 0.151. The zero-order valence-electron chi connectivity index (χ0n) is 12.6. The lowest BCUT2D eigenvalue weighted by Gasteiger charge is -2.26. The van der Waals surface area contributed by atoms with Crippen LogP contribution in [0.2, 0.25) is 0 Å². The second-order valence-electron chi connectivity index (χ2n) is 5.45. The quantitative estimate of drug-likeness (QED) is 0.759. The molecule has 0 heterocycles. The summed E-state index contributed by atoms with van der Waals surface area (Å²) < 4.78 is 5.72. The van der Waals surface area contributed by atoms with Crippen LogP contribution in [0.25, 0.3) is 0 Å². The zero-order chi connectivity index (χ0) is 14.3. The fourth-order valence-electron chi connectivity index (χ4n) is 1.81. The molecule has 0 fully saturated rings. The molecule has 0 aromatic heterocycles. The lowest BCUT2D eigenvalue weighted by Crippen LogP contribution is -2.44. The molecule has 108 valence electrons. The molecule has 0 aliphatic carbocycles. The zero-order valence-corrected chi connectivity index (χ0v) is 12.6. The average molecular weight is 265 g/mol. The Kier molecular flexibility index (Phi) is 6.32. The van der Waals surface area contributed by atoms with E-state index in [1.54, 1.807) is 0 Å². The van der Waals surface area contributed by atoms with E-state index in [0.29, 0.717) is 12.5 Å². The molecule has 19 heavy (non-hydrogen) atoms. The molecule has 0 spiro atoms. The first kappa shape index (κ1) is 16.0. The number of hydrogen-bond acceptors (Lipinski definition) is 3. The first-order chi connectivity index (χ1) is 9.04. The highest BCUT2D eigenvalue weighted by molar-refractivity contribution is 5.29. The number of benzene rings is 1. The van der Waals surface area contributed by atoms with Crippen LogP contribution < -0.4 is 10.1 Å². The minimum absolute atomic E-state index is 0.111. The molecule has 0 amide bonds. The van der Waals surface area contributed by atoms with E-state index in [1.165, 1.54) is 5.56 Å². The number of rotatable bonds is 8. The number of hydrogen-bond donors (Lipinski definition) is 2. The summed E-state index contributed by atoms with van der Waals surface area (Å²) in [7, 11) is 1.86. The van der Waals surface area contributed by atoms with Crippen molar-refractivity contribution >= 4 is 0 Å². The van der Waals surface area contributed by atoms with Crippen molar-refractivity contribution in [3.63, 3.8) is 0 Å². The molecular weight excluding hydrogens is 238 g/mol. The topological polar surface area (TPSA) is 41.5 Å². The number of likely N-dealkylation sites (N-methyl/N-ethyl adjacent to an activating group) is 1. The Morgan fingerprint density at radius 3 is 2.42 bits per heavy atom. The van der Waals surface area contributed by atoms with Crippen molar-refractivity contribution in [1.29, 1.82) is 0 Å². The van der Waals surface area contributed by atoms with E-state index in [2.05, 4.69) is 31.3 Å². The Balaban J connectivity index is 2.46. The van der Waals surface area contributed by atoms with Crippen molar-refractivity contribution in [3.8, 4) is 5.75 Å². The number of aliphatic hydroxyl groups excluding tert-OH is 1. The van der Waals surface area contributed by atoms with E-state index in [4.69, 9.17) is 4.74 Å². The van der Waals surface area contributed by atoms with Crippen LogP contribution in [0.5, 0.6) is 5.75 Å². The van der Waals surface area contributed by atoms with Gasteiger partial charge in [-0.25, -0.2) is 0 Å². The van der Waals surface area contributed by atoms with Gasteiger partial charge in [-0.05, 0) is 44.0 Å². The maximum Gasteiger partial charge on any atom is 0.119 e. The smallest absolute Gasteiger partial charge is 0.119 e. The van der Waals surface area contributed by atoms with Crippen molar-refractivity contribution in [3.05, 3.63) is 29.8 Å². The van der Waals surface area contributed by atoms with Gasteiger partial charge in [0.25, 0.3) is 0 Å². The monoisotopic (exact) mass is 265 g/mol. The van der Waals surface area contributed by atoms with Crippen molar-refractivity contribution in [2.45, 2.75) is 45.1 Å². The van der Waals surface area contributed by atoms with Crippen LogP contribution >= 0.6 is 0 Å². The van der Waals surface area contributed by atoms with E-state index in [1.807, 2.05) is 26.1 Å². The van der Waals surface area contributed by atoms with Crippen LogP contribution in [0.3, 0.4) is 0 Å². The summed E-state index contributed by atoms with van der Waals surface area (Å²) >= 11 is 0. The summed E-state index contributed by atoms with van der Waals surface area (Å²) in [6.45, 7) is 7.13. The Morgan fingerprint density at radius 1 is 1.32 bits per heavy atom. The molecular formula is C16H27NO2. The van der Waals surface area contributed by atoms with Gasteiger partial charge in [-0.1, -0.05) is 26.0 Å². The first-order valence-electron chi connectivity index (χ1n) is 7.07. The number of nitrogens with one attached hydrogen (secondary N) is 1. The van der Waals surface area contributed by atoms with Crippen molar-refractivity contribution in [2.75, 3.05) is 20.3 Å². The second-order valence-corrected chi connectivity index (χ2v) is 5.45. The van der Waals surface area contributed by atoms with Crippen LogP contribution in [0.4, 0.5) is 0 Å². The van der Waals surface area contributed by atoms with Crippen molar-refractivity contribution in [1.82, 2.24) is 5.32 Å². The predicted octanol–water partition coefficient (Wildman–Crippen LogP) is 2.94. The minimum Gasteiger partial charge on any atom is -0.494 e. The van der Waals surface area contributed by atoms with Crippen LogP contribution in [0.1, 0.15) is 45.1 Å². The molecule has 1 rings (SSSR count). The second kappa shape index (κ2) is 7.51. The Bertz CT molecular complexity index is 358. The maximum absolute atomic E-state index is 9.29. The Hall–Kier alpha value is -1.06. The predicted molar refractivity (Wildman–Crippen MR) is 79.8 cm³/mol. The van der Waals surface area contributed by atoms with Crippen LogP contribution in [-0.4, -0.2) is 30.9 Å². The van der Waals surface area contributed by atoms with Gasteiger partial charge in [0.05, 0.1) is 13.2 Å². The van der Waals surface area contributed by atoms with Gasteiger partial charge in [0.2, 0.25) is 0 Å². The Labute approximate surface area is 117 Å². The van der Waals surface area contributed by atoms with Gasteiger partial charge in [-0.3, -0.25) is 0 Å². The van der Waals surface area contributed by atoms with Gasteiger partial charge in [0.1, 0.15) is 5.75 Å². The van der Waals surface area contributed by atoms with E-state index in [0.717, 1.165) is 18.6 Å². The van der Waals surface area contributed by atoms with Gasteiger partial charge in [0, 0.05) is 12.0 Å². The highest BCUT2D eigenvalue weighted by atomic mass is 16.5. The standard InChI is InChI=1S/C16H27NO2/c1-5-13(2)14-6-8-15(9-7-14)19-11-10-16(3,12-18)17-4/h6-9,13,17-18H,5,10-12H2,1-4H3. The van der Waals surface area contributed by atoms with Crippen LogP contribution in [-0.2, 0) is 0 Å². The fraction of sp³-hybridized carbons (Fsp3) is 0.625. The summed E-state index contributed by atoms with van der Waals surface area (Å²) in [5.74, 6) is 1.49. The van der Waals surface area contributed by atoms with Gasteiger partial charge < -0.3 is 15.2 Å². The molecule has 0 radical (unpaired) electrons. The molecule has 0 aliphatic rings. The van der Waals surface area contributed by atoms with Gasteiger partial charge in [-0.15, -0.1) is 0 Å². The average Bonchev–Trinajstić information content (AvgIpc) is 2.47. The summed E-state index contributed by atoms with van der Waals surface area (Å²) in [4.78, 5) is 0. The lowest BCUT2D eigenvalue weighted by atomic mass is 9.99. The molecule has 0 aliphatic heterocycles. The van der Waals surface area contributed by atoms with E-state index < -0.39 is 0 Å². The SMILES string of the molecule is CCC(C)c1ccc(OCCC(C)(CO)NC)cc1. The molecule has 2 unspecified atom stereocenters. The number of aliphatic hydroxyl groups is 1. The molecule has 0 saturated heterocycles. The third-order valence-electron chi connectivity index (χ3n) is 3.94.